The maximum absolute atomic E-state index is 6.25. The number of aryl methyl sites for hydroxylation is 1. The minimum absolute atomic E-state index is 0.222. The monoisotopic (exact) mass is 631 g/mol. The van der Waals surface area contributed by atoms with Crippen molar-refractivity contribution in [2.75, 3.05) is 13.2 Å². The Morgan fingerprint density at radius 2 is 1.43 bits per heavy atom. The molecule has 0 aromatic heterocycles. The van der Waals surface area contributed by atoms with Crippen molar-refractivity contribution in [1.29, 1.82) is 0 Å². The van der Waals surface area contributed by atoms with Gasteiger partial charge in [-0.15, -0.1) is 0 Å². The molecule has 46 heavy (non-hydrogen) atoms. The van der Waals surface area contributed by atoms with E-state index in [0.717, 1.165) is 30.8 Å². The van der Waals surface area contributed by atoms with Gasteiger partial charge in [0.25, 0.3) is 0 Å². The van der Waals surface area contributed by atoms with Gasteiger partial charge in [0.05, 0.1) is 12.4 Å². The van der Waals surface area contributed by atoms with Crippen molar-refractivity contribution < 1.29 is 14.2 Å². The molecule has 0 saturated heterocycles. The molecule has 0 N–H and O–H groups in total. The average Bonchev–Trinajstić information content (AvgIpc) is 3.08. The molecule has 2 unspecified atom stereocenters. The second kappa shape index (κ2) is 21.7. The van der Waals surface area contributed by atoms with E-state index in [2.05, 4.69) is 114 Å². The number of hydrogen-bond donors (Lipinski definition) is 0. The van der Waals surface area contributed by atoms with Gasteiger partial charge >= 0.3 is 0 Å². The molecule has 3 nitrogen and oxygen atoms in total. The smallest absolute Gasteiger partial charge is 0.197 e. The highest BCUT2D eigenvalue weighted by Crippen LogP contribution is 2.40. The molecule has 2 atom stereocenters. The molecule has 4 rings (SSSR count). The second-order valence-electron chi connectivity index (χ2n) is 12.7. The zero-order valence-electron chi connectivity index (χ0n) is 31.6. The minimum atomic E-state index is -0.349. The second-order valence-corrected chi connectivity index (χ2v) is 12.7. The molecule has 2 bridgehead atoms. The number of ether oxygens (including phenoxy) is 3. The van der Waals surface area contributed by atoms with Gasteiger partial charge in [0.1, 0.15) is 12.4 Å². The van der Waals surface area contributed by atoms with Crippen molar-refractivity contribution in [2.45, 2.75) is 128 Å². The van der Waals surface area contributed by atoms with Gasteiger partial charge < -0.3 is 14.2 Å². The van der Waals surface area contributed by atoms with Gasteiger partial charge in [0.15, 0.2) is 6.29 Å². The van der Waals surface area contributed by atoms with Crippen molar-refractivity contribution in [3.63, 3.8) is 0 Å². The summed E-state index contributed by atoms with van der Waals surface area (Å²) >= 11 is 0. The Bertz CT molecular complexity index is 1310. The predicted octanol–water partition coefficient (Wildman–Crippen LogP) is 13.2. The first-order valence-corrected chi connectivity index (χ1v) is 18.0. The van der Waals surface area contributed by atoms with E-state index in [4.69, 9.17) is 14.2 Å². The largest absolute Gasteiger partial charge is 0.495 e. The van der Waals surface area contributed by atoms with Crippen LogP contribution in [0.15, 0.2) is 78.1 Å². The van der Waals surface area contributed by atoms with Crippen LogP contribution in [0.2, 0.25) is 0 Å². The molecular formula is C43H66O3. The highest BCUT2D eigenvalue weighted by molar-refractivity contribution is 5.91. The fraction of sp³-hybridized carbons (Fsp3) is 0.535. The number of hydrogen-bond acceptors (Lipinski definition) is 3. The summed E-state index contributed by atoms with van der Waals surface area (Å²) in [6.07, 6.45) is 8.23. The summed E-state index contributed by atoms with van der Waals surface area (Å²) in [6.45, 7) is 28.6. The normalized spacial score (nSPS) is 16.4. The molecule has 0 heterocycles. The highest BCUT2D eigenvalue weighted by atomic mass is 16.7. The summed E-state index contributed by atoms with van der Waals surface area (Å²) in [5.41, 5.74) is 5.39. The van der Waals surface area contributed by atoms with Gasteiger partial charge in [-0.2, -0.15) is 0 Å². The molecule has 0 saturated carbocycles. The Morgan fingerprint density at radius 3 is 2.07 bits per heavy atom. The predicted molar refractivity (Wildman–Crippen MR) is 203 cm³/mol. The summed E-state index contributed by atoms with van der Waals surface area (Å²) in [5, 5.41) is 2.60. The van der Waals surface area contributed by atoms with E-state index in [1.807, 2.05) is 48.5 Å². The lowest BCUT2D eigenvalue weighted by atomic mass is 9.72. The average molecular weight is 631 g/mol. The Labute approximate surface area is 283 Å². The Kier molecular flexibility index (Phi) is 19.3. The third kappa shape index (κ3) is 13.4. The van der Waals surface area contributed by atoms with Crippen LogP contribution >= 0.6 is 0 Å². The summed E-state index contributed by atoms with van der Waals surface area (Å²) < 4.78 is 18.3. The third-order valence-corrected chi connectivity index (χ3v) is 7.85. The Hall–Kier alpha value is -3.04. The molecular weight excluding hydrogens is 564 g/mol. The zero-order valence-corrected chi connectivity index (χ0v) is 31.6. The van der Waals surface area contributed by atoms with E-state index in [9.17, 15) is 0 Å². The third-order valence-electron chi connectivity index (χ3n) is 7.85. The molecule has 3 aromatic rings. The first-order chi connectivity index (χ1) is 22.1. The lowest BCUT2D eigenvalue weighted by molar-refractivity contribution is -0.0790. The van der Waals surface area contributed by atoms with E-state index in [1.165, 1.54) is 39.5 Å². The van der Waals surface area contributed by atoms with Crippen molar-refractivity contribution in [3.8, 4) is 5.75 Å². The van der Waals surface area contributed by atoms with Crippen LogP contribution in [-0.4, -0.2) is 19.5 Å². The summed E-state index contributed by atoms with van der Waals surface area (Å²) in [4.78, 5) is 0. The van der Waals surface area contributed by atoms with Gasteiger partial charge in [-0.05, 0) is 95.5 Å². The van der Waals surface area contributed by atoms with Crippen LogP contribution in [0.25, 0.3) is 16.8 Å². The number of allylic oxidation sites excluding steroid dienone is 3. The standard InChI is InChI=1S/C37H48O3.3C2H6/c1-26(2)24-35(37(5,6)7)32-18-20-33(21-19-32)40-28(4)38-22-23-39-36-13-8-10-29-15-17-31-12-9-11-30(34(31)25-29)16-14-27(36)3;3*1-2/h9,11-12,14-21,25-26,28,35H,8,10,13,22-24H2,1-7H3;3*1-2H3/b16-14-,36-27-;;;. The quantitative estimate of drug-likeness (QED) is 0.165. The zero-order chi connectivity index (χ0) is 34.7. The van der Waals surface area contributed by atoms with Crippen LogP contribution in [0, 0.1) is 11.3 Å². The Balaban J connectivity index is 0.00000166. The molecule has 1 aliphatic carbocycles. The molecule has 1 aliphatic rings. The van der Waals surface area contributed by atoms with E-state index < -0.39 is 0 Å². The molecule has 0 amide bonds. The van der Waals surface area contributed by atoms with Crippen LogP contribution in [0.4, 0.5) is 0 Å². The van der Waals surface area contributed by atoms with Crippen molar-refractivity contribution in [3.05, 3.63) is 94.8 Å². The molecule has 3 heteroatoms. The molecule has 256 valence electrons. The van der Waals surface area contributed by atoms with Crippen LogP contribution < -0.4 is 4.74 Å². The molecule has 0 spiro atoms. The number of rotatable bonds is 10. The fourth-order valence-electron chi connectivity index (χ4n) is 5.63. The fourth-order valence-corrected chi connectivity index (χ4v) is 5.63. The summed E-state index contributed by atoms with van der Waals surface area (Å²) in [7, 11) is 0. The number of fused-ring (bicyclic) bond motifs is 1. The van der Waals surface area contributed by atoms with Crippen molar-refractivity contribution >= 4 is 16.8 Å². The van der Waals surface area contributed by atoms with Gasteiger partial charge in [-0.3, -0.25) is 0 Å². The lowest BCUT2D eigenvalue weighted by Gasteiger charge is -2.32. The SMILES string of the molecule is CC.CC.CC.CC1=C(/OCCOC(C)Oc2ccc(C(CC(C)C)C(C)(C)C)cc2)CCCc2ccc3cccc(c3c2)/C=C\1. The van der Waals surface area contributed by atoms with Crippen LogP contribution in [0.3, 0.4) is 0 Å². The minimum Gasteiger partial charge on any atom is -0.495 e. The number of benzene rings is 3. The van der Waals surface area contributed by atoms with E-state index in [1.54, 1.807) is 0 Å². The molecule has 3 aromatic carbocycles. The van der Waals surface area contributed by atoms with E-state index in [-0.39, 0.29) is 11.7 Å². The highest BCUT2D eigenvalue weighted by Gasteiger charge is 2.27. The van der Waals surface area contributed by atoms with Gasteiger partial charge in [-0.1, -0.05) is 137 Å². The molecule has 0 radical (unpaired) electrons. The molecule has 0 fully saturated rings. The summed E-state index contributed by atoms with van der Waals surface area (Å²) in [5.74, 6) is 3.06. The van der Waals surface area contributed by atoms with Gasteiger partial charge in [0.2, 0.25) is 0 Å². The van der Waals surface area contributed by atoms with Gasteiger partial charge in [0, 0.05) is 6.42 Å². The maximum Gasteiger partial charge on any atom is 0.197 e. The van der Waals surface area contributed by atoms with E-state index in [0.29, 0.717) is 25.0 Å². The van der Waals surface area contributed by atoms with Crippen LogP contribution in [0.5, 0.6) is 5.75 Å². The maximum atomic E-state index is 6.25. The Morgan fingerprint density at radius 1 is 0.761 bits per heavy atom. The summed E-state index contributed by atoms with van der Waals surface area (Å²) in [6, 6.07) is 21.9. The lowest BCUT2D eigenvalue weighted by Crippen LogP contribution is -2.21. The van der Waals surface area contributed by atoms with Gasteiger partial charge in [-0.25, -0.2) is 0 Å². The van der Waals surface area contributed by atoms with Crippen LogP contribution in [-0.2, 0) is 15.9 Å². The van der Waals surface area contributed by atoms with Crippen molar-refractivity contribution in [1.82, 2.24) is 0 Å². The molecule has 0 aliphatic heterocycles. The van der Waals surface area contributed by atoms with E-state index >= 15 is 0 Å². The first-order valence-electron chi connectivity index (χ1n) is 18.0. The first kappa shape index (κ1) is 41.0. The van der Waals surface area contributed by atoms with Crippen molar-refractivity contribution in [2.24, 2.45) is 11.3 Å². The topological polar surface area (TPSA) is 27.7 Å². The van der Waals surface area contributed by atoms with Crippen LogP contribution in [0.1, 0.15) is 132 Å².